The first kappa shape index (κ1) is 9.69. The monoisotopic (exact) mass is 191 g/mol. The van der Waals surface area contributed by atoms with Gasteiger partial charge in [0.15, 0.2) is 0 Å². The predicted molar refractivity (Wildman–Crippen MR) is 56.9 cm³/mol. The molecule has 2 heteroatoms. The number of nitrogens with two attached hydrogens (primary N) is 1. The van der Waals surface area contributed by atoms with Crippen LogP contribution in [0.25, 0.3) is 0 Å². The van der Waals surface area contributed by atoms with Crippen LogP contribution in [-0.2, 0) is 4.74 Å². The topological polar surface area (TPSA) is 35.2 Å². The number of benzene rings is 1. The van der Waals surface area contributed by atoms with E-state index in [0.717, 1.165) is 19.6 Å². The number of hydrogen-bond acceptors (Lipinski definition) is 2. The second-order valence-corrected chi connectivity index (χ2v) is 3.84. The molecule has 0 radical (unpaired) electrons. The molecule has 0 bridgehead atoms. The van der Waals surface area contributed by atoms with Gasteiger partial charge in [-0.1, -0.05) is 30.3 Å². The summed E-state index contributed by atoms with van der Waals surface area (Å²) in [7, 11) is 0. The van der Waals surface area contributed by atoms with Crippen LogP contribution >= 0.6 is 0 Å². The molecule has 0 aliphatic carbocycles. The van der Waals surface area contributed by atoms with Gasteiger partial charge < -0.3 is 10.5 Å². The van der Waals surface area contributed by atoms with E-state index in [1.165, 1.54) is 12.0 Å². The average molecular weight is 191 g/mol. The molecule has 1 aromatic rings. The molecule has 2 atom stereocenters. The maximum atomic E-state index is 5.79. The van der Waals surface area contributed by atoms with Gasteiger partial charge in [-0.2, -0.15) is 0 Å². The largest absolute Gasteiger partial charge is 0.373 e. The van der Waals surface area contributed by atoms with E-state index in [0.29, 0.717) is 5.92 Å². The molecule has 76 valence electrons. The van der Waals surface area contributed by atoms with Crippen molar-refractivity contribution in [3.63, 3.8) is 0 Å². The zero-order valence-corrected chi connectivity index (χ0v) is 8.36. The van der Waals surface area contributed by atoms with E-state index < -0.39 is 0 Å². The molecule has 1 aliphatic rings. The van der Waals surface area contributed by atoms with Crippen LogP contribution < -0.4 is 5.73 Å². The Hall–Kier alpha value is -0.860. The molecular weight excluding hydrogens is 174 g/mol. The number of rotatable bonds is 2. The van der Waals surface area contributed by atoms with Crippen molar-refractivity contribution in [2.45, 2.75) is 18.9 Å². The van der Waals surface area contributed by atoms with E-state index in [1.54, 1.807) is 0 Å². The standard InChI is InChI=1S/C12H17NO/c13-9-11-7-4-8-14-12(11)10-5-2-1-3-6-10/h1-3,5-6,11-12H,4,7-9,13H2/t11-,12-/m0/s1. The van der Waals surface area contributed by atoms with E-state index in [4.69, 9.17) is 10.5 Å². The lowest BCUT2D eigenvalue weighted by molar-refractivity contribution is -0.0251. The Kier molecular flexibility index (Phi) is 3.17. The fourth-order valence-corrected chi connectivity index (χ4v) is 2.10. The molecular formula is C12H17NO. The van der Waals surface area contributed by atoms with Crippen LogP contribution in [0.15, 0.2) is 30.3 Å². The molecule has 1 aliphatic heterocycles. The molecule has 0 spiro atoms. The maximum absolute atomic E-state index is 5.79. The van der Waals surface area contributed by atoms with Crippen molar-refractivity contribution >= 4 is 0 Å². The van der Waals surface area contributed by atoms with Crippen molar-refractivity contribution in [1.82, 2.24) is 0 Å². The predicted octanol–water partition coefficient (Wildman–Crippen LogP) is 2.11. The highest BCUT2D eigenvalue weighted by molar-refractivity contribution is 5.18. The molecule has 1 aromatic carbocycles. The van der Waals surface area contributed by atoms with E-state index in [2.05, 4.69) is 24.3 Å². The van der Waals surface area contributed by atoms with Crippen molar-refractivity contribution in [2.24, 2.45) is 11.7 Å². The Morgan fingerprint density at radius 2 is 2.07 bits per heavy atom. The van der Waals surface area contributed by atoms with E-state index in [9.17, 15) is 0 Å². The van der Waals surface area contributed by atoms with Crippen LogP contribution in [0, 0.1) is 5.92 Å². The SMILES string of the molecule is NC[C@@H]1CCCO[C@H]1c1ccccc1. The third-order valence-electron chi connectivity index (χ3n) is 2.88. The van der Waals surface area contributed by atoms with Gasteiger partial charge in [0.05, 0.1) is 6.10 Å². The van der Waals surface area contributed by atoms with E-state index >= 15 is 0 Å². The van der Waals surface area contributed by atoms with Gasteiger partial charge in [0.2, 0.25) is 0 Å². The van der Waals surface area contributed by atoms with E-state index in [-0.39, 0.29) is 6.10 Å². The first-order valence-corrected chi connectivity index (χ1v) is 5.28. The molecule has 2 rings (SSSR count). The summed E-state index contributed by atoms with van der Waals surface area (Å²) in [6.07, 6.45) is 2.55. The molecule has 1 fully saturated rings. The van der Waals surface area contributed by atoms with Crippen molar-refractivity contribution in [3.05, 3.63) is 35.9 Å². The summed E-state index contributed by atoms with van der Waals surface area (Å²) in [5.74, 6) is 0.492. The summed E-state index contributed by atoms with van der Waals surface area (Å²) in [5, 5.41) is 0. The highest BCUT2D eigenvalue weighted by atomic mass is 16.5. The fraction of sp³-hybridized carbons (Fsp3) is 0.500. The molecule has 0 saturated carbocycles. The smallest absolute Gasteiger partial charge is 0.0865 e. The Balaban J connectivity index is 2.15. The zero-order chi connectivity index (χ0) is 9.80. The van der Waals surface area contributed by atoms with Crippen LogP contribution in [0.1, 0.15) is 24.5 Å². The molecule has 1 heterocycles. The molecule has 0 amide bonds. The highest BCUT2D eigenvalue weighted by Crippen LogP contribution is 2.32. The van der Waals surface area contributed by atoms with Crippen LogP contribution in [0.2, 0.25) is 0 Å². The van der Waals surface area contributed by atoms with Gasteiger partial charge in [0, 0.05) is 12.5 Å². The highest BCUT2D eigenvalue weighted by Gasteiger charge is 2.25. The summed E-state index contributed by atoms with van der Waals surface area (Å²) < 4.78 is 5.79. The summed E-state index contributed by atoms with van der Waals surface area (Å²) in [5.41, 5.74) is 7.02. The lowest BCUT2D eigenvalue weighted by Gasteiger charge is -2.31. The molecule has 1 saturated heterocycles. The van der Waals surface area contributed by atoms with Crippen molar-refractivity contribution in [2.75, 3.05) is 13.2 Å². The second-order valence-electron chi connectivity index (χ2n) is 3.84. The minimum absolute atomic E-state index is 0.218. The van der Waals surface area contributed by atoms with Crippen molar-refractivity contribution < 1.29 is 4.74 Å². The molecule has 0 unspecified atom stereocenters. The van der Waals surface area contributed by atoms with Crippen LogP contribution in [0.3, 0.4) is 0 Å². The first-order valence-electron chi connectivity index (χ1n) is 5.28. The van der Waals surface area contributed by atoms with Gasteiger partial charge in [-0.3, -0.25) is 0 Å². The van der Waals surface area contributed by atoms with Gasteiger partial charge in [-0.25, -0.2) is 0 Å². The van der Waals surface area contributed by atoms with Crippen molar-refractivity contribution in [3.8, 4) is 0 Å². The lowest BCUT2D eigenvalue weighted by atomic mass is 9.90. The van der Waals surface area contributed by atoms with E-state index in [1.807, 2.05) is 6.07 Å². The minimum Gasteiger partial charge on any atom is -0.373 e. The van der Waals surface area contributed by atoms with Crippen molar-refractivity contribution in [1.29, 1.82) is 0 Å². The lowest BCUT2D eigenvalue weighted by Crippen LogP contribution is -2.28. The summed E-state index contributed by atoms with van der Waals surface area (Å²) in [6, 6.07) is 10.4. The van der Waals surface area contributed by atoms with Gasteiger partial charge >= 0.3 is 0 Å². The fourth-order valence-electron chi connectivity index (χ4n) is 2.10. The molecule has 2 N–H and O–H groups in total. The summed E-state index contributed by atoms with van der Waals surface area (Å²) in [6.45, 7) is 1.59. The summed E-state index contributed by atoms with van der Waals surface area (Å²) >= 11 is 0. The normalized spacial score (nSPS) is 27.5. The molecule has 14 heavy (non-hydrogen) atoms. The average Bonchev–Trinajstić information content (AvgIpc) is 2.30. The van der Waals surface area contributed by atoms with Crippen LogP contribution in [0.5, 0.6) is 0 Å². The maximum Gasteiger partial charge on any atom is 0.0865 e. The van der Waals surface area contributed by atoms with Gasteiger partial charge in [-0.15, -0.1) is 0 Å². The van der Waals surface area contributed by atoms with Gasteiger partial charge in [0.25, 0.3) is 0 Å². The second kappa shape index (κ2) is 4.58. The van der Waals surface area contributed by atoms with Gasteiger partial charge in [-0.05, 0) is 24.9 Å². The zero-order valence-electron chi connectivity index (χ0n) is 8.36. The summed E-state index contributed by atoms with van der Waals surface area (Å²) in [4.78, 5) is 0. The quantitative estimate of drug-likeness (QED) is 0.777. The first-order chi connectivity index (χ1) is 6.92. The number of ether oxygens (including phenoxy) is 1. The Bertz CT molecular complexity index is 273. The van der Waals surface area contributed by atoms with Gasteiger partial charge in [0.1, 0.15) is 0 Å². The third-order valence-corrected chi connectivity index (χ3v) is 2.88. The minimum atomic E-state index is 0.218. The molecule has 2 nitrogen and oxygen atoms in total. The third kappa shape index (κ3) is 1.97. The Labute approximate surface area is 85.1 Å². The Morgan fingerprint density at radius 3 is 2.79 bits per heavy atom. The Morgan fingerprint density at radius 1 is 1.29 bits per heavy atom. The number of hydrogen-bond donors (Lipinski definition) is 1. The van der Waals surface area contributed by atoms with Crippen LogP contribution in [0.4, 0.5) is 0 Å². The van der Waals surface area contributed by atoms with Crippen LogP contribution in [-0.4, -0.2) is 13.2 Å². The molecule has 0 aromatic heterocycles.